The highest BCUT2D eigenvalue weighted by molar-refractivity contribution is 5.95. The molecule has 0 bridgehead atoms. The van der Waals surface area contributed by atoms with Gasteiger partial charge in [0.15, 0.2) is 5.78 Å². The van der Waals surface area contributed by atoms with Crippen molar-refractivity contribution in [3.05, 3.63) is 11.6 Å². The number of allylic oxidation sites excluding steroid dienone is 2. The lowest BCUT2D eigenvalue weighted by molar-refractivity contribution is -0.115. The van der Waals surface area contributed by atoms with Gasteiger partial charge in [-0.2, -0.15) is 0 Å². The second-order valence-electron chi connectivity index (χ2n) is 4.21. The third kappa shape index (κ3) is 5.12. The lowest BCUT2D eigenvalue weighted by Crippen LogP contribution is -2.18. The summed E-state index contributed by atoms with van der Waals surface area (Å²) in [5.74, 6) is 0.359. The summed E-state index contributed by atoms with van der Waals surface area (Å²) in [4.78, 5) is 11.8. The third-order valence-electron chi connectivity index (χ3n) is 2.93. The maximum absolute atomic E-state index is 11.8. The Morgan fingerprint density at radius 1 is 1.33 bits per heavy atom. The smallest absolute Gasteiger partial charge is 0.159 e. The van der Waals surface area contributed by atoms with Gasteiger partial charge in [-0.1, -0.05) is 25.8 Å². The van der Waals surface area contributed by atoms with Crippen LogP contribution in [0.5, 0.6) is 0 Å². The van der Waals surface area contributed by atoms with Crippen molar-refractivity contribution in [1.29, 1.82) is 0 Å². The van der Waals surface area contributed by atoms with Crippen molar-refractivity contribution in [2.24, 2.45) is 0 Å². The molecule has 0 amide bonds. The topological polar surface area (TPSA) is 29.1 Å². The first-order chi connectivity index (χ1) is 7.34. The van der Waals surface area contributed by atoms with E-state index in [0.29, 0.717) is 12.2 Å². The van der Waals surface area contributed by atoms with Crippen LogP contribution in [0.15, 0.2) is 11.6 Å². The molecule has 1 aliphatic rings. The molecule has 1 rings (SSSR count). The Balaban J connectivity index is 2.34. The summed E-state index contributed by atoms with van der Waals surface area (Å²) in [6, 6.07) is 0. The molecule has 2 heteroatoms. The van der Waals surface area contributed by atoms with Crippen LogP contribution in [-0.2, 0) is 4.79 Å². The second-order valence-corrected chi connectivity index (χ2v) is 4.21. The van der Waals surface area contributed by atoms with Crippen LogP contribution in [0.4, 0.5) is 0 Å². The first-order valence-electron chi connectivity index (χ1n) is 6.27. The Hall–Kier alpha value is -0.630. The SMILES string of the molecule is CCNCCC(=O)C1=CCCCCCC1. The fraction of sp³-hybridized carbons (Fsp3) is 0.769. The Kier molecular flexibility index (Phi) is 6.33. The molecule has 1 aliphatic carbocycles. The first-order valence-corrected chi connectivity index (χ1v) is 6.27. The minimum atomic E-state index is 0.359. The van der Waals surface area contributed by atoms with E-state index in [-0.39, 0.29) is 0 Å². The van der Waals surface area contributed by atoms with Crippen molar-refractivity contribution in [3.8, 4) is 0 Å². The van der Waals surface area contributed by atoms with Crippen molar-refractivity contribution >= 4 is 5.78 Å². The van der Waals surface area contributed by atoms with Gasteiger partial charge in [0.1, 0.15) is 0 Å². The van der Waals surface area contributed by atoms with Crippen LogP contribution in [0.1, 0.15) is 51.9 Å². The molecule has 86 valence electrons. The van der Waals surface area contributed by atoms with Crippen molar-refractivity contribution in [2.45, 2.75) is 51.9 Å². The molecule has 0 atom stereocenters. The molecule has 0 aliphatic heterocycles. The number of ketones is 1. The maximum atomic E-state index is 11.8. The third-order valence-corrected chi connectivity index (χ3v) is 2.93. The zero-order valence-electron chi connectivity index (χ0n) is 9.85. The van der Waals surface area contributed by atoms with E-state index < -0.39 is 0 Å². The summed E-state index contributed by atoms with van der Waals surface area (Å²) in [6.07, 6.45) is 10.0. The van der Waals surface area contributed by atoms with Gasteiger partial charge >= 0.3 is 0 Å². The zero-order valence-corrected chi connectivity index (χ0v) is 9.85. The van der Waals surface area contributed by atoms with Crippen molar-refractivity contribution < 1.29 is 4.79 Å². The van der Waals surface area contributed by atoms with Crippen LogP contribution in [-0.4, -0.2) is 18.9 Å². The molecular formula is C13H23NO. The van der Waals surface area contributed by atoms with Crippen LogP contribution in [0, 0.1) is 0 Å². The first kappa shape index (κ1) is 12.4. The molecule has 0 radical (unpaired) electrons. The predicted molar refractivity (Wildman–Crippen MR) is 64.0 cm³/mol. The van der Waals surface area contributed by atoms with Crippen LogP contribution in [0.3, 0.4) is 0 Å². The van der Waals surface area contributed by atoms with E-state index in [2.05, 4.69) is 18.3 Å². The normalized spacial score (nSPS) is 17.8. The molecule has 2 nitrogen and oxygen atoms in total. The summed E-state index contributed by atoms with van der Waals surface area (Å²) in [7, 11) is 0. The number of carbonyl (C=O) groups is 1. The van der Waals surface area contributed by atoms with Gasteiger partial charge in [-0.3, -0.25) is 4.79 Å². The molecule has 0 heterocycles. The van der Waals surface area contributed by atoms with E-state index >= 15 is 0 Å². The zero-order chi connectivity index (χ0) is 10.9. The lowest BCUT2D eigenvalue weighted by atomic mass is 9.96. The highest BCUT2D eigenvalue weighted by atomic mass is 16.1. The fourth-order valence-electron chi connectivity index (χ4n) is 1.98. The Morgan fingerprint density at radius 2 is 2.13 bits per heavy atom. The number of nitrogens with one attached hydrogen (secondary N) is 1. The van der Waals surface area contributed by atoms with Gasteiger partial charge in [0.05, 0.1) is 0 Å². The summed E-state index contributed by atoms with van der Waals surface area (Å²) in [5.41, 5.74) is 1.09. The van der Waals surface area contributed by atoms with Gasteiger partial charge in [0.2, 0.25) is 0 Å². The van der Waals surface area contributed by atoms with Crippen molar-refractivity contribution in [3.63, 3.8) is 0 Å². The molecule has 0 unspecified atom stereocenters. The van der Waals surface area contributed by atoms with E-state index in [1.54, 1.807) is 0 Å². The van der Waals surface area contributed by atoms with Gasteiger partial charge in [-0.15, -0.1) is 0 Å². The van der Waals surface area contributed by atoms with E-state index in [4.69, 9.17) is 0 Å². The maximum Gasteiger partial charge on any atom is 0.159 e. The van der Waals surface area contributed by atoms with Crippen LogP contribution in [0.25, 0.3) is 0 Å². The van der Waals surface area contributed by atoms with Crippen LogP contribution in [0.2, 0.25) is 0 Å². The predicted octanol–water partition coefficient (Wildman–Crippen LogP) is 2.84. The number of Topliss-reactive ketones (excluding diaryl/α,β-unsaturated/α-hetero) is 1. The molecule has 0 aromatic carbocycles. The number of rotatable bonds is 5. The van der Waals surface area contributed by atoms with E-state index in [0.717, 1.165) is 31.5 Å². The Morgan fingerprint density at radius 3 is 2.93 bits per heavy atom. The summed E-state index contributed by atoms with van der Waals surface area (Å²) >= 11 is 0. The average Bonchev–Trinajstić information content (AvgIpc) is 2.17. The molecule has 0 saturated carbocycles. The Bertz CT molecular complexity index is 221. The van der Waals surface area contributed by atoms with Crippen molar-refractivity contribution in [2.75, 3.05) is 13.1 Å². The van der Waals surface area contributed by atoms with Gasteiger partial charge in [-0.05, 0) is 37.8 Å². The van der Waals surface area contributed by atoms with E-state index in [1.807, 2.05) is 0 Å². The minimum Gasteiger partial charge on any atom is -0.317 e. The van der Waals surface area contributed by atoms with Crippen LogP contribution >= 0.6 is 0 Å². The molecule has 15 heavy (non-hydrogen) atoms. The molecule has 0 saturated heterocycles. The summed E-state index contributed by atoms with van der Waals surface area (Å²) in [6.45, 7) is 3.85. The second kappa shape index (κ2) is 7.63. The number of carbonyl (C=O) groups excluding carboxylic acids is 1. The molecule has 0 aromatic heterocycles. The van der Waals surface area contributed by atoms with Gasteiger partial charge in [0.25, 0.3) is 0 Å². The lowest BCUT2D eigenvalue weighted by Gasteiger charge is -2.10. The van der Waals surface area contributed by atoms with Crippen LogP contribution < -0.4 is 5.32 Å². The molecule has 1 N–H and O–H groups in total. The quantitative estimate of drug-likeness (QED) is 0.705. The van der Waals surface area contributed by atoms with Crippen molar-refractivity contribution in [1.82, 2.24) is 5.32 Å². The molecule has 0 spiro atoms. The number of hydrogen-bond donors (Lipinski definition) is 1. The molecule has 0 aromatic rings. The number of hydrogen-bond acceptors (Lipinski definition) is 2. The molecule has 0 fully saturated rings. The summed E-state index contributed by atoms with van der Waals surface area (Å²) < 4.78 is 0. The summed E-state index contributed by atoms with van der Waals surface area (Å²) in [5, 5.41) is 3.20. The highest BCUT2D eigenvalue weighted by Crippen LogP contribution is 2.18. The minimum absolute atomic E-state index is 0.359. The monoisotopic (exact) mass is 209 g/mol. The van der Waals surface area contributed by atoms with Gasteiger partial charge < -0.3 is 5.32 Å². The van der Waals surface area contributed by atoms with Gasteiger partial charge in [0, 0.05) is 13.0 Å². The van der Waals surface area contributed by atoms with E-state index in [9.17, 15) is 4.79 Å². The average molecular weight is 209 g/mol. The van der Waals surface area contributed by atoms with Gasteiger partial charge in [-0.25, -0.2) is 0 Å². The Labute approximate surface area is 93.1 Å². The highest BCUT2D eigenvalue weighted by Gasteiger charge is 2.09. The standard InChI is InChI=1S/C13H23NO/c1-2-14-11-10-13(15)12-8-6-4-3-5-7-9-12/h8,14H,2-7,9-11H2,1H3. The fourth-order valence-corrected chi connectivity index (χ4v) is 1.98. The van der Waals surface area contributed by atoms with E-state index in [1.165, 1.54) is 25.7 Å². The largest absolute Gasteiger partial charge is 0.317 e. The molecular weight excluding hydrogens is 186 g/mol.